The first kappa shape index (κ1) is 26.7. The maximum atomic E-state index is 11.4. The van der Waals surface area contributed by atoms with Crippen LogP contribution in [-0.2, 0) is 30.0 Å². The van der Waals surface area contributed by atoms with Gasteiger partial charge in [0.1, 0.15) is 22.0 Å². The Bertz CT molecular complexity index is 1950. The predicted octanol–water partition coefficient (Wildman–Crippen LogP) is 4.91. The first-order valence-corrected chi connectivity index (χ1v) is 15.4. The molecule has 0 atom stereocenters. The molecule has 2 N–H and O–H groups in total. The van der Waals surface area contributed by atoms with Crippen molar-refractivity contribution in [1.82, 2.24) is 29.6 Å². The fourth-order valence-electron chi connectivity index (χ4n) is 4.99. The highest BCUT2D eigenvalue weighted by Crippen LogP contribution is 2.30. The van der Waals surface area contributed by atoms with Gasteiger partial charge < -0.3 is 15.2 Å². The van der Waals surface area contributed by atoms with Gasteiger partial charge in [-0.1, -0.05) is 36.4 Å². The van der Waals surface area contributed by atoms with E-state index in [4.69, 9.17) is 0 Å². The summed E-state index contributed by atoms with van der Waals surface area (Å²) in [5, 5.41) is 13.3. The Labute approximate surface area is 238 Å². The van der Waals surface area contributed by atoms with Crippen molar-refractivity contribution in [3.8, 4) is 11.3 Å². The van der Waals surface area contributed by atoms with Gasteiger partial charge in [-0.25, -0.2) is 18.4 Å². The van der Waals surface area contributed by atoms with Gasteiger partial charge in [0.15, 0.2) is 0 Å². The zero-order valence-corrected chi connectivity index (χ0v) is 23.8. The molecule has 0 unspecified atom stereocenters. The van der Waals surface area contributed by atoms with Gasteiger partial charge in [-0.05, 0) is 53.6 Å². The van der Waals surface area contributed by atoms with E-state index in [1.165, 1.54) is 11.8 Å². The highest BCUT2D eigenvalue weighted by molar-refractivity contribution is 7.90. The lowest BCUT2D eigenvalue weighted by atomic mass is 10.1. The Kier molecular flexibility index (Phi) is 7.25. The summed E-state index contributed by atoms with van der Waals surface area (Å²) < 4.78 is 26.9. The molecular formula is C31H31N7O2S. The molecule has 0 aliphatic carbocycles. The van der Waals surface area contributed by atoms with Crippen LogP contribution in [0.1, 0.15) is 11.3 Å². The van der Waals surface area contributed by atoms with Gasteiger partial charge in [0.2, 0.25) is 0 Å². The van der Waals surface area contributed by atoms with Gasteiger partial charge in [-0.3, -0.25) is 4.68 Å². The van der Waals surface area contributed by atoms with Crippen LogP contribution in [0.3, 0.4) is 0 Å². The number of sulfone groups is 1. The van der Waals surface area contributed by atoms with Crippen LogP contribution >= 0.6 is 0 Å². The molecule has 0 bridgehead atoms. The van der Waals surface area contributed by atoms with Crippen molar-refractivity contribution < 1.29 is 8.42 Å². The minimum Gasteiger partial charge on any atom is -0.346 e. The van der Waals surface area contributed by atoms with E-state index in [0.717, 1.165) is 50.3 Å². The van der Waals surface area contributed by atoms with Gasteiger partial charge in [-0.2, -0.15) is 5.10 Å². The first-order chi connectivity index (χ1) is 19.8. The van der Waals surface area contributed by atoms with Crippen molar-refractivity contribution in [2.45, 2.75) is 13.1 Å². The van der Waals surface area contributed by atoms with Crippen LogP contribution in [0.25, 0.3) is 33.1 Å². The smallest absolute Gasteiger partial charge is 0.148 e. The molecule has 41 heavy (non-hydrogen) atoms. The Balaban J connectivity index is 1.23. The Morgan fingerprint density at radius 2 is 1.78 bits per heavy atom. The Morgan fingerprint density at radius 3 is 2.61 bits per heavy atom. The molecule has 6 aromatic rings. The lowest BCUT2D eigenvalue weighted by Crippen LogP contribution is -2.22. The number of hydrogen-bond donors (Lipinski definition) is 2. The third-order valence-electron chi connectivity index (χ3n) is 7.19. The number of hydrogen-bond acceptors (Lipinski definition) is 7. The lowest BCUT2D eigenvalue weighted by Gasteiger charge is -2.12. The van der Waals surface area contributed by atoms with Gasteiger partial charge in [0, 0.05) is 54.2 Å². The molecule has 0 fully saturated rings. The molecule has 10 heteroatoms. The van der Waals surface area contributed by atoms with E-state index in [-0.39, 0.29) is 5.75 Å². The second kappa shape index (κ2) is 11.1. The zero-order valence-electron chi connectivity index (χ0n) is 22.9. The summed E-state index contributed by atoms with van der Waals surface area (Å²) in [5.74, 6) is 0.845. The fourth-order valence-corrected chi connectivity index (χ4v) is 5.51. The molecule has 3 heterocycles. The molecule has 3 aromatic carbocycles. The molecule has 208 valence electrons. The maximum Gasteiger partial charge on any atom is 0.148 e. The van der Waals surface area contributed by atoms with Gasteiger partial charge >= 0.3 is 0 Å². The lowest BCUT2D eigenvalue weighted by molar-refractivity contribution is 0.595. The molecule has 0 amide bonds. The van der Waals surface area contributed by atoms with E-state index < -0.39 is 9.84 Å². The van der Waals surface area contributed by atoms with E-state index in [2.05, 4.69) is 78.8 Å². The topological polar surface area (TPSA) is 107 Å². The van der Waals surface area contributed by atoms with Crippen LogP contribution < -0.4 is 10.6 Å². The summed E-state index contributed by atoms with van der Waals surface area (Å²) in [7, 11) is -0.972. The monoisotopic (exact) mass is 565 g/mol. The van der Waals surface area contributed by atoms with E-state index >= 15 is 0 Å². The second-order valence-corrected chi connectivity index (χ2v) is 12.5. The number of fused-ring (bicyclic) bond motifs is 2. The van der Waals surface area contributed by atoms with Crippen LogP contribution in [0.2, 0.25) is 0 Å². The number of nitrogens with one attached hydrogen (secondary N) is 2. The summed E-state index contributed by atoms with van der Waals surface area (Å²) in [6.07, 6.45) is 4.72. The molecule has 9 nitrogen and oxygen atoms in total. The van der Waals surface area contributed by atoms with Crippen molar-refractivity contribution in [2.75, 3.05) is 23.9 Å². The first-order valence-electron chi connectivity index (χ1n) is 13.4. The van der Waals surface area contributed by atoms with Gasteiger partial charge in [0.05, 0.1) is 29.5 Å². The number of aromatic nitrogens is 5. The minimum atomic E-state index is -2.99. The van der Waals surface area contributed by atoms with Crippen molar-refractivity contribution >= 4 is 43.1 Å². The second-order valence-electron chi connectivity index (χ2n) is 10.2. The summed E-state index contributed by atoms with van der Waals surface area (Å²) in [6.45, 7) is 1.72. The standard InChI is InChI=1S/C31H31N7O2S/c1-37-26(19-32-14-15-41(2,39)40)10-13-29(37)23-8-11-28-27(17-23)31(34-21-33-28)36-25-9-12-30-24(16-25)18-35-38(30)20-22-6-4-3-5-7-22/h3-13,16-18,21,32H,14-15,19-20H2,1-2H3,(H,33,34,36). The van der Waals surface area contributed by atoms with Crippen LogP contribution in [0.15, 0.2) is 91.4 Å². The normalized spacial score (nSPS) is 11.9. The molecule has 6 rings (SSSR count). The summed E-state index contributed by atoms with van der Waals surface area (Å²) in [4.78, 5) is 9.04. The van der Waals surface area contributed by atoms with Crippen molar-refractivity contribution in [3.05, 3.63) is 103 Å². The number of benzene rings is 3. The molecule has 0 radical (unpaired) electrons. The average molecular weight is 566 g/mol. The van der Waals surface area contributed by atoms with Crippen LogP contribution in [0.4, 0.5) is 11.5 Å². The van der Waals surface area contributed by atoms with Crippen LogP contribution in [-0.4, -0.2) is 51.3 Å². The third-order valence-corrected chi connectivity index (χ3v) is 8.14. The Hall–Kier alpha value is -4.54. The third kappa shape index (κ3) is 5.98. The quantitative estimate of drug-likeness (QED) is 0.227. The van der Waals surface area contributed by atoms with Crippen LogP contribution in [0.5, 0.6) is 0 Å². The molecule has 0 spiro atoms. The molecule has 0 aliphatic heterocycles. The highest BCUT2D eigenvalue weighted by atomic mass is 32.2. The van der Waals surface area contributed by atoms with Gasteiger partial charge in [-0.15, -0.1) is 0 Å². The highest BCUT2D eigenvalue weighted by Gasteiger charge is 2.12. The molecule has 0 saturated carbocycles. The predicted molar refractivity (Wildman–Crippen MR) is 164 cm³/mol. The van der Waals surface area contributed by atoms with Crippen molar-refractivity contribution in [2.24, 2.45) is 7.05 Å². The minimum absolute atomic E-state index is 0.119. The van der Waals surface area contributed by atoms with Gasteiger partial charge in [0.25, 0.3) is 0 Å². The van der Waals surface area contributed by atoms with E-state index in [1.54, 1.807) is 6.33 Å². The largest absolute Gasteiger partial charge is 0.346 e. The summed E-state index contributed by atoms with van der Waals surface area (Å²) in [5.41, 5.74) is 7.20. The molecule has 0 saturated heterocycles. The molecule has 0 aliphatic rings. The SMILES string of the molecule is Cn1c(CNCCS(C)(=O)=O)ccc1-c1ccc2ncnc(Nc3ccc4c(cnn4Cc4ccccc4)c3)c2c1. The van der Waals surface area contributed by atoms with E-state index in [9.17, 15) is 8.42 Å². The van der Waals surface area contributed by atoms with E-state index in [0.29, 0.717) is 19.6 Å². The number of nitrogens with zero attached hydrogens (tertiary/aromatic N) is 5. The summed E-state index contributed by atoms with van der Waals surface area (Å²) in [6, 6.07) is 26.8. The maximum absolute atomic E-state index is 11.4. The number of rotatable bonds is 10. The zero-order chi connectivity index (χ0) is 28.4. The molecular weight excluding hydrogens is 534 g/mol. The number of anilines is 2. The van der Waals surface area contributed by atoms with E-state index in [1.807, 2.05) is 48.3 Å². The Morgan fingerprint density at radius 1 is 0.927 bits per heavy atom. The molecule has 3 aromatic heterocycles. The fraction of sp³-hybridized carbons (Fsp3) is 0.194. The summed E-state index contributed by atoms with van der Waals surface area (Å²) >= 11 is 0. The average Bonchev–Trinajstić information content (AvgIpc) is 3.53. The van der Waals surface area contributed by atoms with Crippen LogP contribution in [0, 0.1) is 0 Å². The van der Waals surface area contributed by atoms with Crippen molar-refractivity contribution in [3.63, 3.8) is 0 Å². The van der Waals surface area contributed by atoms with Crippen molar-refractivity contribution in [1.29, 1.82) is 0 Å².